The van der Waals surface area contributed by atoms with Gasteiger partial charge in [0.15, 0.2) is 0 Å². The molecule has 1 aromatic heterocycles. The number of hydrogen-bond acceptors (Lipinski definition) is 5. The van der Waals surface area contributed by atoms with Gasteiger partial charge in [-0.2, -0.15) is 0 Å². The van der Waals surface area contributed by atoms with Gasteiger partial charge in [0.2, 0.25) is 0 Å². The predicted octanol–water partition coefficient (Wildman–Crippen LogP) is 0.858. The Morgan fingerprint density at radius 3 is 2.95 bits per heavy atom. The molecule has 1 saturated heterocycles. The number of nitrogens with two attached hydrogens (primary N) is 1. The second-order valence-corrected chi connectivity index (χ2v) is 5.29. The topological polar surface area (TPSA) is 112 Å². The van der Waals surface area contributed by atoms with Gasteiger partial charge in [-0.25, -0.2) is 0 Å². The summed E-state index contributed by atoms with van der Waals surface area (Å²) in [6.45, 7) is 3.26. The Labute approximate surface area is 123 Å². The number of nitrogen functional groups attached to an aromatic ring is 1. The van der Waals surface area contributed by atoms with Crippen molar-refractivity contribution in [2.75, 3.05) is 24.1 Å². The van der Waals surface area contributed by atoms with E-state index in [9.17, 15) is 9.59 Å². The van der Waals surface area contributed by atoms with Gasteiger partial charge in [-0.1, -0.05) is 6.92 Å². The number of nitrogens with one attached hydrogen (secondary N) is 2. The van der Waals surface area contributed by atoms with Gasteiger partial charge in [-0.3, -0.25) is 14.6 Å². The van der Waals surface area contributed by atoms with Crippen LogP contribution >= 0.6 is 0 Å². The Balaban J connectivity index is 2.07. The molecule has 0 saturated carbocycles. The van der Waals surface area contributed by atoms with Gasteiger partial charge >= 0.3 is 11.8 Å². The molecule has 1 fully saturated rings. The molecule has 7 nitrogen and oxygen atoms in total. The van der Waals surface area contributed by atoms with Crippen LogP contribution in [-0.4, -0.2) is 41.0 Å². The quantitative estimate of drug-likeness (QED) is 0.553. The number of likely N-dealkylation sites (tertiary alicyclic amines) is 1. The molecule has 0 spiro atoms. The number of hydrogen-bond donors (Lipinski definition) is 3. The Hall–Kier alpha value is -2.44. The van der Waals surface area contributed by atoms with Crippen molar-refractivity contribution < 1.29 is 9.59 Å². The van der Waals surface area contributed by atoms with Crippen LogP contribution in [0.2, 0.25) is 0 Å². The molecule has 2 amide bonds. The number of pyridine rings is 1. The smallest absolute Gasteiger partial charge is 0.314 e. The Bertz CT molecular complexity index is 572. The number of carbonyl (C=O) groups is 2. The normalized spacial score (nSPS) is 18.1. The highest BCUT2D eigenvalue weighted by Crippen LogP contribution is 2.20. The van der Waals surface area contributed by atoms with E-state index in [1.54, 1.807) is 4.90 Å². The van der Waals surface area contributed by atoms with Crippen LogP contribution < -0.4 is 11.1 Å². The van der Waals surface area contributed by atoms with Crippen LogP contribution in [0.15, 0.2) is 12.4 Å². The van der Waals surface area contributed by atoms with Gasteiger partial charge in [0, 0.05) is 31.1 Å². The molecule has 4 N–H and O–H groups in total. The standard InChI is InChI=1S/C14H19N5O2/c1-9-3-2-4-19(8-9)14(21)13(20)18-11-7-17-6-10(5-15)12(11)16/h5-7,9,15H,2-4,8H2,1H3,(H2,16,17)(H,18,20). The molecule has 112 valence electrons. The van der Waals surface area contributed by atoms with Crippen LogP contribution in [-0.2, 0) is 9.59 Å². The van der Waals surface area contributed by atoms with E-state index >= 15 is 0 Å². The summed E-state index contributed by atoms with van der Waals surface area (Å²) in [6.07, 6.45) is 5.82. The lowest BCUT2D eigenvalue weighted by molar-refractivity contribution is -0.144. The molecule has 0 aromatic carbocycles. The first kappa shape index (κ1) is 15.0. The van der Waals surface area contributed by atoms with Crippen molar-refractivity contribution in [1.82, 2.24) is 9.88 Å². The molecule has 1 aliphatic rings. The fourth-order valence-corrected chi connectivity index (χ4v) is 2.39. The molecule has 21 heavy (non-hydrogen) atoms. The van der Waals surface area contributed by atoms with E-state index in [4.69, 9.17) is 11.1 Å². The highest BCUT2D eigenvalue weighted by molar-refractivity contribution is 6.39. The van der Waals surface area contributed by atoms with E-state index in [0.29, 0.717) is 24.6 Å². The Kier molecular flexibility index (Phi) is 4.52. The molecule has 1 unspecified atom stereocenters. The number of anilines is 2. The van der Waals surface area contributed by atoms with Gasteiger partial charge in [0.1, 0.15) is 0 Å². The van der Waals surface area contributed by atoms with Crippen molar-refractivity contribution in [2.24, 2.45) is 5.92 Å². The summed E-state index contributed by atoms with van der Waals surface area (Å²) >= 11 is 0. The van der Waals surface area contributed by atoms with Gasteiger partial charge in [0.25, 0.3) is 0 Å². The van der Waals surface area contributed by atoms with Crippen molar-refractivity contribution >= 4 is 29.4 Å². The highest BCUT2D eigenvalue weighted by atomic mass is 16.2. The first-order valence-electron chi connectivity index (χ1n) is 6.87. The monoisotopic (exact) mass is 289 g/mol. The van der Waals surface area contributed by atoms with E-state index in [-0.39, 0.29) is 11.4 Å². The third-order valence-electron chi connectivity index (χ3n) is 3.56. The Morgan fingerprint density at radius 2 is 2.29 bits per heavy atom. The number of nitrogens with zero attached hydrogens (tertiary/aromatic N) is 2. The van der Waals surface area contributed by atoms with Crippen molar-refractivity contribution in [3.8, 4) is 0 Å². The zero-order valence-corrected chi connectivity index (χ0v) is 11.9. The summed E-state index contributed by atoms with van der Waals surface area (Å²) in [5.74, 6) is -0.871. The molecule has 2 heterocycles. The van der Waals surface area contributed by atoms with Crippen molar-refractivity contribution in [1.29, 1.82) is 5.41 Å². The summed E-state index contributed by atoms with van der Waals surface area (Å²) in [7, 11) is 0. The molecular weight excluding hydrogens is 270 g/mol. The van der Waals surface area contributed by atoms with E-state index in [0.717, 1.165) is 19.1 Å². The van der Waals surface area contributed by atoms with E-state index in [1.165, 1.54) is 12.4 Å². The van der Waals surface area contributed by atoms with E-state index in [1.807, 2.05) is 0 Å². The third-order valence-corrected chi connectivity index (χ3v) is 3.56. The summed E-state index contributed by atoms with van der Waals surface area (Å²) in [5.41, 5.74) is 6.69. The largest absolute Gasteiger partial charge is 0.396 e. The average molecular weight is 289 g/mol. The van der Waals surface area contributed by atoms with E-state index in [2.05, 4.69) is 17.2 Å². The lowest BCUT2D eigenvalue weighted by Crippen LogP contribution is -2.44. The zero-order chi connectivity index (χ0) is 15.4. The van der Waals surface area contributed by atoms with Gasteiger partial charge in [-0.15, -0.1) is 0 Å². The molecule has 0 bridgehead atoms. The van der Waals surface area contributed by atoms with Gasteiger partial charge in [-0.05, 0) is 18.8 Å². The van der Waals surface area contributed by atoms with Crippen molar-refractivity contribution in [3.05, 3.63) is 18.0 Å². The number of rotatable bonds is 2. The fraction of sp³-hybridized carbons (Fsp3) is 0.429. The maximum Gasteiger partial charge on any atom is 0.314 e. The predicted molar refractivity (Wildman–Crippen MR) is 80.1 cm³/mol. The molecule has 0 radical (unpaired) electrons. The van der Waals surface area contributed by atoms with Crippen LogP contribution in [0.4, 0.5) is 11.4 Å². The second kappa shape index (κ2) is 6.34. The Morgan fingerprint density at radius 1 is 1.52 bits per heavy atom. The summed E-state index contributed by atoms with van der Waals surface area (Å²) < 4.78 is 0. The first-order valence-corrected chi connectivity index (χ1v) is 6.87. The molecule has 1 aliphatic heterocycles. The zero-order valence-electron chi connectivity index (χ0n) is 11.9. The number of aromatic nitrogens is 1. The van der Waals surface area contributed by atoms with Gasteiger partial charge < -0.3 is 21.4 Å². The minimum Gasteiger partial charge on any atom is -0.396 e. The van der Waals surface area contributed by atoms with Crippen LogP contribution in [0.5, 0.6) is 0 Å². The third kappa shape index (κ3) is 3.36. The maximum absolute atomic E-state index is 12.1. The lowest BCUT2D eigenvalue weighted by Gasteiger charge is -2.30. The van der Waals surface area contributed by atoms with Crippen LogP contribution in [0.3, 0.4) is 0 Å². The van der Waals surface area contributed by atoms with Crippen LogP contribution in [0.1, 0.15) is 25.3 Å². The SMILES string of the molecule is CC1CCCN(C(=O)C(=O)Nc2cncc(C=N)c2N)C1. The van der Waals surface area contributed by atoms with Crippen LogP contribution in [0.25, 0.3) is 0 Å². The fourth-order valence-electron chi connectivity index (χ4n) is 2.39. The second-order valence-electron chi connectivity index (χ2n) is 5.29. The first-order chi connectivity index (χ1) is 10.0. The molecular formula is C14H19N5O2. The minimum absolute atomic E-state index is 0.230. The number of amides is 2. The average Bonchev–Trinajstić information content (AvgIpc) is 2.48. The number of carbonyl (C=O) groups excluding carboxylic acids is 2. The minimum atomic E-state index is -0.722. The lowest BCUT2D eigenvalue weighted by atomic mass is 10.0. The maximum atomic E-state index is 12.1. The summed E-state index contributed by atoms with van der Waals surface area (Å²) in [5, 5.41) is 9.67. The molecule has 0 aliphatic carbocycles. The molecule has 1 aromatic rings. The molecule has 2 rings (SSSR count). The summed E-state index contributed by atoms with van der Waals surface area (Å²) in [4.78, 5) is 29.6. The summed E-state index contributed by atoms with van der Waals surface area (Å²) in [6, 6.07) is 0. The molecule has 7 heteroatoms. The highest BCUT2D eigenvalue weighted by Gasteiger charge is 2.26. The molecule has 1 atom stereocenters. The van der Waals surface area contributed by atoms with E-state index < -0.39 is 11.8 Å². The van der Waals surface area contributed by atoms with Crippen molar-refractivity contribution in [2.45, 2.75) is 19.8 Å². The van der Waals surface area contributed by atoms with Crippen LogP contribution in [0, 0.1) is 11.3 Å². The number of piperidine rings is 1. The van der Waals surface area contributed by atoms with Gasteiger partial charge in [0.05, 0.1) is 17.6 Å². The van der Waals surface area contributed by atoms with Crippen molar-refractivity contribution in [3.63, 3.8) is 0 Å².